The van der Waals surface area contributed by atoms with Gasteiger partial charge in [0.15, 0.2) is 0 Å². The second-order valence-corrected chi connectivity index (χ2v) is 5.21. The first-order valence-electron chi connectivity index (χ1n) is 6.32. The maximum atomic E-state index is 11.9. The maximum Gasteiger partial charge on any atom is 0.326 e. The van der Waals surface area contributed by atoms with E-state index in [0.29, 0.717) is 11.8 Å². The first kappa shape index (κ1) is 12.9. The third kappa shape index (κ3) is 2.63. The van der Waals surface area contributed by atoms with Gasteiger partial charge in [-0.05, 0) is 24.7 Å². The van der Waals surface area contributed by atoms with Crippen LogP contribution in [0, 0.1) is 17.8 Å². The van der Waals surface area contributed by atoms with Crippen molar-refractivity contribution in [3.05, 3.63) is 0 Å². The van der Waals surface area contributed by atoms with Gasteiger partial charge in [0.25, 0.3) is 0 Å². The number of amides is 2. The first-order valence-corrected chi connectivity index (χ1v) is 6.32. The number of carboxylic acids is 1. The van der Waals surface area contributed by atoms with Crippen molar-refractivity contribution in [3.63, 3.8) is 0 Å². The third-order valence-electron chi connectivity index (χ3n) is 3.98. The molecule has 6 nitrogen and oxygen atoms in total. The van der Waals surface area contributed by atoms with Crippen LogP contribution in [0.1, 0.15) is 32.1 Å². The number of carbonyl (C=O) groups excluding carboxylic acids is 2. The van der Waals surface area contributed by atoms with Gasteiger partial charge in [0.1, 0.15) is 6.04 Å². The number of aliphatic carboxylic acids is 1. The fraction of sp³-hybridized carbons (Fsp3) is 0.750. The van der Waals surface area contributed by atoms with E-state index in [9.17, 15) is 14.4 Å². The molecule has 2 aliphatic carbocycles. The summed E-state index contributed by atoms with van der Waals surface area (Å²) in [4.78, 5) is 33.6. The van der Waals surface area contributed by atoms with E-state index >= 15 is 0 Å². The molecule has 2 rings (SSSR count). The zero-order chi connectivity index (χ0) is 13.3. The Morgan fingerprint density at radius 1 is 1.22 bits per heavy atom. The fourth-order valence-corrected chi connectivity index (χ4v) is 3.05. The Labute approximate surface area is 105 Å². The van der Waals surface area contributed by atoms with E-state index in [2.05, 4.69) is 5.32 Å². The van der Waals surface area contributed by atoms with Gasteiger partial charge in [-0.25, -0.2) is 4.79 Å². The van der Waals surface area contributed by atoms with Crippen LogP contribution in [0.15, 0.2) is 0 Å². The average Bonchev–Trinajstić information content (AvgIpc) is 3.01. The number of nitrogens with one attached hydrogen (secondary N) is 1. The number of rotatable bonds is 5. The molecule has 3 atom stereocenters. The van der Waals surface area contributed by atoms with Crippen molar-refractivity contribution in [1.29, 1.82) is 0 Å². The van der Waals surface area contributed by atoms with Crippen LogP contribution in [0.2, 0.25) is 0 Å². The molecular formula is C12H18N2O4. The zero-order valence-corrected chi connectivity index (χ0v) is 10.1. The largest absolute Gasteiger partial charge is 0.480 e. The monoisotopic (exact) mass is 254 g/mol. The van der Waals surface area contributed by atoms with E-state index in [1.54, 1.807) is 0 Å². The number of carbonyl (C=O) groups is 3. The normalized spacial score (nSPS) is 31.0. The summed E-state index contributed by atoms with van der Waals surface area (Å²) < 4.78 is 0. The highest BCUT2D eigenvalue weighted by Gasteiger charge is 2.55. The summed E-state index contributed by atoms with van der Waals surface area (Å²) >= 11 is 0. The molecule has 2 unspecified atom stereocenters. The average molecular weight is 254 g/mol. The summed E-state index contributed by atoms with van der Waals surface area (Å²) in [6, 6.07) is -1.20. The van der Waals surface area contributed by atoms with Crippen molar-refractivity contribution in [2.24, 2.45) is 23.5 Å². The standard InChI is InChI=1S/C12H18N2O4/c13-9(15)5-8(12(17)18)14-11(16)10-6-3-1-2-4-7(6)10/h6-8,10H,1-5H2,(H2,13,15)(H,14,16)(H,17,18)/t6?,7?,8-,10?/m1/s1. The lowest BCUT2D eigenvalue weighted by atomic mass is 10.0. The molecular weight excluding hydrogens is 236 g/mol. The van der Waals surface area contributed by atoms with Crippen LogP contribution in [-0.4, -0.2) is 28.9 Å². The highest BCUT2D eigenvalue weighted by atomic mass is 16.4. The second-order valence-electron chi connectivity index (χ2n) is 5.21. The van der Waals surface area contributed by atoms with Crippen LogP contribution < -0.4 is 11.1 Å². The van der Waals surface area contributed by atoms with E-state index in [-0.39, 0.29) is 18.2 Å². The molecule has 0 saturated heterocycles. The Balaban J connectivity index is 1.89. The summed E-state index contributed by atoms with van der Waals surface area (Å²) in [5, 5.41) is 11.3. The number of primary amides is 1. The Bertz CT molecular complexity index is 370. The highest BCUT2D eigenvalue weighted by Crippen LogP contribution is 2.55. The lowest BCUT2D eigenvalue weighted by Crippen LogP contribution is -2.44. The highest BCUT2D eigenvalue weighted by molar-refractivity contribution is 5.90. The van der Waals surface area contributed by atoms with Crippen LogP contribution in [0.5, 0.6) is 0 Å². The van der Waals surface area contributed by atoms with Gasteiger partial charge < -0.3 is 16.2 Å². The predicted molar refractivity (Wildman–Crippen MR) is 62.3 cm³/mol. The minimum atomic E-state index is -1.22. The lowest BCUT2D eigenvalue weighted by Gasteiger charge is -2.12. The summed E-state index contributed by atoms with van der Waals surface area (Å²) in [6.45, 7) is 0. The Hall–Kier alpha value is -1.59. The van der Waals surface area contributed by atoms with E-state index in [1.165, 1.54) is 0 Å². The summed E-state index contributed by atoms with van der Waals surface area (Å²) in [5.74, 6) is -1.40. The SMILES string of the molecule is NC(=O)C[C@@H](NC(=O)C1C2CCCCC21)C(=O)O. The molecule has 4 N–H and O–H groups in total. The zero-order valence-electron chi connectivity index (χ0n) is 10.1. The Morgan fingerprint density at radius 2 is 1.78 bits per heavy atom. The van der Waals surface area contributed by atoms with Crippen molar-refractivity contribution in [2.75, 3.05) is 0 Å². The number of fused-ring (bicyclic) bond motifs is 1. The minimum absolute atomic E-state index is 0.0535. The van der Waals surface area contributed by atoms with Gasteiger partial charge in [-0.2, -0.15) is 0 Å². The number of nitrogens with two attached hydrogens (primary N) is 1. The molecule has 0 radical (unpaired) electrons. The Kier molecular flexibility index (Phi) is 3.54. The number of carboxylic acid groups (broad SMARTS) is 1. The van der Waals surface area contributed by atoms with Crippen LogP contribution in [-0.2, 0) is 14.4 Å². The van der Waals surface area contributed by atoms with Crippen LogP contribution in [0.4, 0.5) is 0 Å². The summed E-state index contributed by atoms with van der Waals surface area (Å²) in [7, 11) is 0. The minimum Gasteiger partial charge on any atom is -0.480 e. The first-order chi connectivity index (χ1) is 8.50. The number of hydrogen-bond acceptors (Lipinski definition) is 3. The van der Waals surface area contributed by atoms with E-state index in [0.717, 1.165) is 25.7 Å². The fourth-order valence-electron chi connectivity index (χ4n) is 3.05. The van der Waals surface area contributed by atoms with Crippen molar-refractivity contribution in [1.82, 2.24) is 5.32 Å². The number of hydrogen-bond donors (Lipinski definition) is 3. The molecule has 2 aliphatic rings. The smallest absolute Gasteiger partial charge is 0.326 e. The lowest BCUT2D eigenvalue weighted by molar-refractivity contribution is -0.143. The molecule has 0 aromatic heterocycles. The maximum absolute atomic E-state index is 11.9. The molecule has 0 bridgehead atoms. The second kappa shape index (κ2) is 4.96. The van der Waals surface area contributed by atoms with Crippen molar-refractivity contribution < 1.29 is 19.5 Å². The van der Waals surface area contributed by atoms with Gasteiger partial charge in [-0.1, -0.05) is 12.8 Å². The summed E-state index contributed by atoms with van der Waals surface area (Å²) in [6.07, 6.45) is 4.04. The predicted octanol–water partition coefficient (Wildman–Crippen LogP) is -0.133. The molecule has 0 aliphatic heterocycles. The van der Waals surface area contributed by atoms with E-state index in [1.807, 2.05) is 0 Å². The molecule has 0 aromatic carbocycles. The quantitative estimate of drug-likeness (QED) is 0.634. The molecule has 2 saturated carbocycles. The summed E-state index contributed by atoms with van der Waals surface area (Å²) in [5.41, 5.74) is 4.96. The van der Waals surface area contributed by atoms with Gasteiger partial charge in [0.2, 0.25) is 11.8 Å². The van der Waals surface area contributed by atoms with E-state index in [4.69, 9.17) is 10.8 Å². The molecule has 6 heteroatoms. The van der Waals surface area contributed by atoms with Gasteiger partial charge in [0, 0.05) is 5.92 Å². The Morgan fingerprint density at radius 3 is 2.22 bits per heavy atom. The van der Waals surface area contributed by atoms with Crippen LogP contribution in [0.25, 0.3) is 0 Å². The van der Waals surface area contributed by atoms with Crippen molar-refractivity contribution in [2.45, 2.75) is 38.1 Å². The van der Waals surface area contributed by atoms with Gasteiger partial charge >= 0.3 is 5.97 Å². The van der Waals surface area contributed by atoms with Crippen molar-refractivity contribution in [3.8, 4) is 0 Å². The van der Waals surface area contributed by atoms with Gasteiger partial charge in [-0.3, -0.25) is 9.59 Å². The molecule has 0 heterocycles. The van der Waals surface area contributed by atoms with Crippen LogP contribution >= 0.6 is 0 Å². The van der Waals surface area contributed by atoms with Gasteiger partial charge in [-0.15, -0.1) is 0 Å². The molecule has 0 spiro atoms. The van der Waals surface area contributed by atoms with Gasteiger partial charge in [0.05, 0.1) is 6.42 Å². The van der Waals surface area contributed by atoms with E-state index < -0.39 is 17.9 Å². The molecule has 2 fully saturated rings. The molecule has 2 amide bonds. The van der Waals surface area contributed by atoms with Crippen LogP contribution in [0.3, 0.4) is 0 Å². The molecule has 0 aromatic rings. The molecule has 100 valence electrons. The third-order valence-corrected chi connectivity index (χ3v) is 3.98. The topological polar surface area (TPSA) is 109 Å². The molecule has 18 heavy (non-hydrogen) atoms. The van der Waals surface area contributed by atoms with Crippen molar-refractivity contribution >= 4 is 17.8 Å².